The van der Waals surface area contributed by atoms with Gasteiger partial charge in [0.1, 0.15) is 0 Å². The van der Waals surface area contributed by atoms with Crippen LogP contribution < -0.4 is 0 Å². The smallest absolute Gasteiger partial charge is 0.0543 e. The van der Waals surface area contributed by atoms with Gasteiger partial charge in [0.2, 0.25) is 0 Å². The van der Waals surface area contributed by atoms with Crippen molar-refractivity contribution in [2.75, 3.05) is 0 Å². The Bertz CT molecular complexity index is 686. The fourth-order valence-corrected chi connectivity index (χ4v) is 8.62. The SMILES string of the molecule is CC[C@H](/C=C\[C@@H](C)[C@H]1CC[C@H]2C3=C(CC[C@]12C)[C@@]1(C)CC[C@H](O)C[C@H]1CC3)C(C)C. The predicted molar refractivity (Wildman–Crippen MR) is 128 cm³/mol. The summed E-state index contributed by atoms with van der Waals surface area (Å²) in [7, 11) is 0. The van der Waals surface area contributed by atoms with Crippen LogP contribution in [0.5, 0.6) is 0 Å². The quantitative estimate of drug-likeness (QED) is 0.454. The zero-order valence-electron chi connectivity index (χ0n) is 20.7. The van der Waals surface area contributed by atoms with Crippen LogP contribution in [0.4, 0.5) is 0 Å². The lowest BCUT2D eigenvalue weighted by molar-refractivity contribution is 0.0145. The highest BCUT2D eigenvalue weighted by molar-refractivity contribution is 5.34. The van der Waals surface area contributed by atoms with Crippen molar-refractivity contribution in [1.29, 1.82) is 0 Å². The van der Waals surface area contributed by atoms with Gasteiger partial charge in [-0.25, -0.2) is 0 Å². The summed E-state index contributed by atoms with van der Waals surface area (Å²) in [6.07, 6.45) is 17.9. The molecule has 1 N–H and O–H groups in total. The molecule has 1 heteroatoms. The molecule has 0 bridgehead atoms. The van der Waals surface area contributed by atoms with E-state index in [9.17, 15) is 5.11 Å². The maximum atomic E-state index is 10.3. The van der Waals surface area contributed by atoms with Gasteiger partial charge in [-0.3, -0.25) is 0 Å². The van der Waals surface area contributed by atoms with Crippen LogP contribution >= 0.6 is 0 Å². The Hall–Kier alpha value is -0.560. The first-order valence-electron chi connectivity index (χ1n) is 13.3. The van der Waals surface area contributed by atoms with E-state index in [2.05, 4.69) is 53.7 Å². The lowest BCUT2D eigenvalue weighted by atomic mass is 9.50. The molecule has 0 aromatic carbocycles. The maximum absolute atomic E-state index is 10.3. The van der Waals surface area contributed by atoms with Crippen LogP contribution in [0.3, 0.4) is 0 Å². The fraction of sp³-hybridized carbons (Fsp3) is 0.862. The first-order chi connectivity index (χ1) is 14.2. The van der Waals surface area contributed by atoms with E-state index in [1.165, 1.54) is 51.4 Å². The number of allylic oxidation sites excluding steroid dienone is 4. The Kier molecular flexibility index (Phi) is 6.35. The van der Waals surface area contributed by atoms with Crippen LogP contribution in [0.1, 0.15) is 106 Å². The summed E-state index contributed by atoms with van der Waals surface area (Å²) in [6.45, 7) is 14.8. The average molecular weight is 413 g/mol. The van der Waals surface area contributed by atoms with Gasteiger partial charge in [0.05, 0.1) is 6.10 Å². The van der Waals surface area contributed by atoms with E-state index in [4.69, 9.17) is 0 Å². The predicted octanol–water partition coefficient (Wildman–Crippen LogP) is 7.94. The Labute approximate surface area is 186 Å². The molecule has 0 aliphatic heterocycles. The highest BCUT2D eigenvalue weighted by Gasteiger charge is 2.55. The Morgan fingerprint density at radius 1 is 1.00 bits per heavy atom. The molecule has 4 aliphatic rings. The molecule has 0 spiro atoms. The van der Waals surface area contributed by atoms with E-state index in [-0.39, 0.29) is 6.10 Å². The molecule has 0 amide bonds. The standard InChI is InChI=1S/C29H48O/c1-7-21(19(2)3)9-8-20(4)25-12-13-26-24-11-10-22-18-23(30)14-16-28(22,5)27(24)15-17-29(25,26)6/h8-9,19-23,25-26,30H,7,10-18H2,1-6H3/b9-8-/t20-,21-,22-,23+,25-,26+,28+,29-/m1/s1. The van der Waals surface area contributed by atoms with Gasteiger partial charge in [-0.1, -0.05) is 64.8 Å². The highest BCUT2D eigenvalue weighted by atomic mass is 16.3. The lowest BCUT2D eigenvalue weighted by Crippen LogP contribution is -2.45. The molecule has 0 unspecified atom stereocenters. The second-order valence-corrected chi connectivity index (χ2v) is 12.4. The van der Waals surface area contributed by atoms with Crippen LogP contribution in [-0.2, 0) is 0 Å². The number of fused-ring (bicyclic) bond motifs is 4. The molecule has 0 aromatic heterocycles. The fourth-order valence-electron chi connectivity index (χ4n) is 8.62. The van der Waals surface area contributed by atoms with Gasteiger partial charge >= 0.3 is 0 Å². The first kappa shape index (κ1) is 22.6. The van der Waals surface area contributed by atoms with Crippen molar-refractivity contribution < 1.29 is 5.11 Å². The van der Waals surface area contributed by atoms with E-state index >= 15 is 0 Å². The average Bonchev–Trinajstić information content (AvgIpc) is 3.06. The van der Waals surface area contributed by atoms with Gasteiger partial charge in [0, 0.05) is 0 Å². The van der Waals surface area contributed by atoms with Gasteiger partial charge in [-0.15, -0.1) is 0 Å². The molecule has 170 valence electrons. The lowest BCUT2D eigenvalue weighted by Gasteiger charge is -2.55. The normalized spacial score (nSPS) is 43.5. The maximum Gasteiger partial charge on any atom is 0.0543 e. The Balaban J connectivity index is 1.55. The molecular formula is C29H48O. The van der Waals surface area contributed by atoms with Gasteiger partial charge in [-0.2, -0.15) is 0 Å². The van der Waals surface area contributed by atoms with E-state index in [0.717, 1.165) is 42.4 Å². The molecule has 2 fully saturated rings. The summed E-state index contributed by atoms with van der Waals surface area (Å²) in [5.41, 5.74) is 4.65. The molecule has 4 aliphatic carbocycles. The minimum Gasteiger partial charge on any atom is -0.393 e. The summed E-state index contributed by atoms with van der Waals surface area (Å²) in [5, 5.41) is 10.3. The summed E-state index contributed by atoms with van der Waals surface area (Å²) < 4.78 is 0. The number of aliphatic hydroxyl groups excluding tert-OH is 1. The van der Waals surface area contributed by atoms with E-state index in [1.807, 2.05) is 11.1 Å². The zero-order chi connectivity index (χ0) is 21.7. The first-order valence-corrected chi connectivity index (χ1v) is 13.3. The summed E-state index contributed by atoms with van der Waals surface area (Å²) in [4.78, 5) is 0. The van der Waals surface area contributed by atoms with Crippen LogP contribution in [-0.4, -0.2) is 11.2 Å². The van der Waals surface area contributed by atoms with E-state index < -0.39 is 0 Å². The number of rotatable bonds is 5. The topological polar surface area (TPSA) is 20.2 Å². The largest absolute Gasteiger partial charge is 0.393 e. The molecule has 0 heterocycles. The van der Waals surface area contributed by atoms with Crippen molar-refractivity contribution >= 4 is 0 Å². The third-order valence-corrected chi connectivity index (χ3v) is 10.7. The van der Waals surface area contributed by atoms with Crippen molar-refractivity contribution in [3.05, 3.63) is 23.3 Å². The third kappa shape index (κ3) is 3.66. The molecule has 1 nitrogen and oxygen atoms in total. The molecule has 30 heavy (non-hydrogen) atoms. The van der Waals surface area contributed by atoms with Crippen LogP contribution in [0, 0.1) is 46.3 Å². The Morgan fingerprint density at radius 2 is 1.77 bits per heavy atom. The monoisotopic (exact) mass is 412 g/mol. The van der Waals surface area contributed by atoms with Gasteiger partial charge < -0.3 is 5.11 Å². The number of hydrogen-bond donors (Lipinski definition) is 1. The zero-order valence-corrected chi connectivity index (χ0v) is 20.7. The Morgan fingerprint density at radius 3 is 2.47 bits per heavy atom. The van der Waals surface area contributed by atoms with E-state index in [0.29, 0.717) is 16.7 Å². The molecule has 0 aromatic rings. The number of aliphatic hydroxyl groups is 1. The van der Waals surface area contributed by atoms with Crippen molar-refractivity contribution in [3.8, 4) is 0 Å². The summed E-state index contributed by atoms with van der Waals surface area (Å²) >= 11 is 0. The van der Waals surface area contributed by atoms with Crippen LogP contribution in [0.2, 0.25) is 0 Å². The minimum atomic E-state index is -0.0413. The van der Waals surface area contributed by atoms with Crippen LogP contribution in [0.25, 0.3) is 0 Å². The second-order valence-electron chi connectivity index (χ2n) is 12.4. The molecule has 0 radical (unpaired) electrons. The molecule has 2 saturated carbocycles. The van der Waals surface area contributed by atoms with Crippen molar-refractivity contribution in [2.45, 2.75) is 112 Å². The highest BCUT2D eigenvalue weighted by Crippen LogP contribution is 2.65. The number of hydrogen-bond acceptors (Lipinski definition) is 1. The van der Waals surface area contributed by atoms with Gasteiger partial charge in [0.25, 0.3) is 0 Å². The molecule has 4 rings (SSSR count). The van der Waals surface area contributed by atoms with Crippen molar-refractivity contribution in [2.24, 2.45) is 46.3 Å². The van der Waals surface area contributed by atoms with E-state index in [1.54, 1.807) is 0 Å². The molecule has 8 atom stereocenters. The molecular weight excluding hydrogens is 364 g/mol. The minimum absolute atomic E-state index is 0.0413. The summed E-state index contributed by atoms with van der Waals surface area (Å²) in [5.74, 6) is 4.58. The third-order valence-electron chi connectivity index (χ3n) is 10.7. The van der Waals surface area contributed by atoms with Crippen molar-refractivity contribution in [1.82, 2.24) is 0 Å². The van der Waals surface area contributed by atoms with Crippen LogP contribution in [0.15, 0.2) is 23.3 Å². The van der Waals surface area contributed by atoms with Gasteiger partial charge in [0.15, 0.2) is 0 Å². The van der Waals surface area contributed by atoms with Gasteiger partial charge in [-0.05, 0) is 111 Å². The summed E-state index contributed by atoms with van der Waals surface area (Å²) in [6, 6.07) is 0. The molecule has 0 saturated heterocycles. The van der Waals surface area contributed by atoms with Crippen molar-refractivity contribution in [3.63, 3.8) is 0 Å². The second kappa shape index (κ2) is 8.42.